The highest BCUT2D eigenvalue weighted by atomic mass is 35.5. The first-order valence-electron chi connectivity index (χ1n) is 8.26. The molecular weight excluding hydrogens is 318 g/mol. The molecule has 6 nitrogen and oxygen atoms in total. The van der Waals surface area contributed by atoms with Crippen molar-refractivity contribution in [3.63, 3.8) is 0 Å². The van der Waals surface area contributed by atoms with Crippen molar-refractivity contribution in [2.45, 2.75) is 32.7 Å². The van der Waals surface area contributed by atoms with Crippen LogP contribution in [0, 0.1) is 12.8 Å². The summed E-state index contributed by atoms with van der Waals surface area (Å²) in [6, 6.07) is 0.448. The molecule has 2 unspecified atom stereocenters. The zero-order chi connectivity index (χ0) is 16.4. The van der Waals surface area contributed by atoms with E-state index in [-0.39, 0.29) is 5.91 Å². The lowest BCUT2D eigenvalue weighted by atomic mass is 10.0. The Labute approximate surface area is 141 Å². The Balaban J connectivity index is 1.54. The quantitative estimate of drug-likeness (QED) is 0.835. The van der Waals surface area contributed by atoms with Crippen LogP contribution in [0.1, 0.15) is 24.6 Å². The van der Waals surface area contributed by atoms with Crippen LogP contribution in [0.15, 0.2) is 4.52 Å². The van der Waals surface area contributed by atoms with Crippen LogP contribution >= 0.6 is 11.6 Å². The first-order chi connectivity index (χ1) is 11.1. The van der Waals surface area contributed by atoms with Crippen LogP contribution < -0.4 is 0 Å². The SMILES string of the molecule is Cc1noc(Cl)c1CCC(=O)N1CC(C)C(N2CCOCC2)C1. The highest BCUT2D eigenvalue weighted by molar-refractivity contribution is 6.29. The van der Waals surface area contributed by atoms with Gasteiger partial charge in [-0.2, -0.15) is 0 Å². The lowest BCUT2D eigenvalue weighted by Gasteiger charge is -2.34. The fourth-order valence-electron chi connectivity index (χ4n) is 3.57. The molecule has 0 aromatic carbocycles. The Morgan fingerprint density at radius 3 is 2.74 bits per heavy atom. The van der Waals surface area contributed by atoms with Gasteiger partial charge in [0.2, 0.25) is 11.1 Å². The third kappa shape index (κ3) is 3.70. The van der Waals surface area contributed by atoms with Crippen molar-refractivity contribution in [3.8, 4) is 0 Å². The molecule has 0 radical (unpaired) electrons. The van der Waals surface area contributed by atoms with Crippen LogP contribution in [0.2, 0.25) is 5.22 Å². The Morgan fingerprint density at radius 2 is 2.09 bits per heavy atom. The average Bonchev–Trinajstić information content (AvgIpc) is 3.09. The smallest absolute Gasteiger partial charge is 0.229 e. The van der Waals surface area contributed by atoms with Crippen molar-refractivity contribution in [2.75, 3.05) is 39.4 Å². The van der Waals surface area contributed by atoms with Gasteiger partial charge in [-0.15, -0.1) is 0 Å². The van der Waals surface area contributed by atoms with Crippen LogP contribution in [0.25, 0.3) is 0 Å². The minimum atomic E-state index is 0.185. The van der Waals surface area contributed by atoms with Gasteiger partial charge in [0.1, 0.15) is 0 Å². The maximum Gasteiger partial charge on any atom is 0.229 e. The van der Waals surface area contributed by atoms with E-state index in [9.17, 15) is 4.79 Å². The summed E-state index contributed by atoms with van der Waals surface area (Å²) in [5.41, 5.74) is 1.61. The average molecular weight is 342 g/mol. The first kappa shape index (κ1) is 16.7. The molecule has 23 heavy (non-hydrogen) atoms. The molecule has 2 fully saturated rings. The molecular formula is C16H24ClN3O3. The minimum absolute atomic E-state index is 0.185. The number of nitrogens with zero attached hydrogens (tertiary/aromatic N) is 3. The summed E-state index contributed by atoms with van der Waals surface area (Å²) < 4.78 is 10.4. The van der Waals surface area contributed by atoms with Crippen LogP contribution in [-0.4, -0.2) is 66.3 Å². The number of likely N-dealkylation sites (tertiary alicyclic amines) is 1. The second kappa shape index (κ2) is 7.20. The second-order valence-corrected chi connectivity index (χ2v) is 6.86. The van der Waals surface area contributed by atoms with Crippen molar-refractivity contribution in [1.82, 2.24) is 15.0 Å². The predicted octanol–water partition coefficient (Wildman–Crippen LogP) is 1.75. The number of halogens is 1. The van der Waals surface area contributed by atoms with Crippen molar-refractivity contribution >= 4 is 17.5 Å². The maximum atomic E-state index is 12.5. The zero-order valence-electron chi connectivity index (χ0n) is 13.8. The van der Waals surface area contributed by atoms with Gasteiger partial charge in [-0.1, -0.05) is 12.1 Å². The van der Waals surface area contributed by atoms with E-state index in [0.717, 1.165) is 50.7 Å². The first-order valence-corrected chi connectivity index (χ1v) is 8.64. The van der Waals surface area contributed by atoms with Crippen molar-refractivity contribution in [2.24, 2.45) is 5.92 Å². The van der Waals surface area contributed by atoms with Crippen LogP contribution in [0.3, 0.4) is 0 Å². The molecule has 2 atom stereocenters. The number of hydrogen-bond donors (Lipinski definition) is 0. The van der Waals surface area contributed by atoms with Gasteiger partial charge in [-0.25, -0.2) is 0 Å². The minimum Gasteiger partial charge on any atom is -0.379 e. The summed E-state index contributed by atoms with van der Waals surface area (Å²) in [7, 11) is 0. The van der Waals surface area contributed by atoms with Crippen molar-refractivity contribution in [1.29, 1.82) is 0 Å². The molecule has 3 heterocycles. The number of carbonyl (C=O) groups is 1. The summed E-state index contributed by atoms with van der Waals surface area (Å²) in [5, 5.41) is 4.13. The number of amides is 1. The molecule has 1 aromatic rings. The van der Waals surface area contributed by atoms with E-state index in [0.29, 0.717) is 30.0 Å². The number of morpholine rings is 1. The van der Waals surface area contributed by atoms with E-state index in [4.69, 9.17) is 20.9 Å². The molecule has 1 amide bonds. The number of aryl methyl sites for hydroxylation is 1. The number of aromatic nitrogens is 1. The summed E-state index contributed by atoms with van der Waals surface area (Å²) in [4.78, 5) is 17.0. The van der Waals surface area contributed by atoms with Gasteiger partial charge in [0.15, 0.2) is 0 Å². The van der Waals surface area contributed by atoms with Crippen LogP contribution in [0.4, 0.5) is 0 Å². The van der Waals surface area contributed by atoms with Crippen molar-refractivity contribution in [3.05, 3.63) is 16.5 Å². The lowest BCUT2D eigenvalue weighted by Crippen LogP contribution is -2.47. The number of hydrogen-bond acceptors (Lipinski definition) is 5. The molecule has 2 aliphatic rings. The summed E-state index contributed by atoms with van der Waals surface area (Å²) in [5.74, 6) is 0.683. The lowest BCUT2D eigenvalue weighted by molar-refractivity contribution is -0.130. The highest BCUT2D eigenvalue weighted by Crippen LogP contribution is 2.25. The van der Waals surface area contributed by atoms with Gasteiger partial charge in [0, 0.05) is 44.2 Å². The molecule has 0 spiro atoms. The van der Waals surface area contributed by atoms with Crippen LogP contribution in [-0.2, 0) is 16.0 Å². The number of rotatable bonds is 4. The van der Waals surface area contributed by atoms with E-state index in [1.165, 1.54) is 0 Å². The topological polar surface area (TPSA) is 58.8 Å². The molecule has 0 saturated carbocycles. The summed E-state index contributed by atoms with van der Waals surface area (Å²) in [6.45, 7) is 9.24. The van der Waals surface area contributed by atoms with E-state index in [2.05, 4.69) is 17.0 Å². The molecule has 128 valence electrons. The predicted molar refractivity (Wildman–Crippen MR) is 86.5 cm³/mol. The van der Waals surface area contributed by atoms with E-state index < -0.39 is 0 Å². The van der Waals surface area contributed by atoms with E-state index in [1.807, 2.05) is 11.8 Å². The van der Waals surface area contributed by atoms with E-state index in [1.54, 1.807) is 0 Å². The van der Waals surface area contributed by atoms with Gasteiger partial charge in [-0.3, -0.25) is 9.69 Å². The molecule has 0 aliphatic carbocycles. The monoisotopic (exact) mass is 341 g/mol. The Bertz CT molecular complexity index is 537. The zero-order valence-corrected chi connectivity index (χ0v) is 14.5. The summed E-state index contributed by atoms with van der Waals surface area (Å²) in [6.07, 6.45) is 1.03. The molecule has 0 N–H and O–H groups in total. The van der Waals surface area contributed by atoms with Gasteiger partial charge in [0.05, 0.1) is 18.9 Å². The molecule has 0 bridgehead atoms. The molecule has 1 aromatic heterocycles. The number of ether oxygens (including phenoxy) is 1. The fraction of sp³-hybridized carbons (Fsp3) is 0.750. The molecule has 2 saturated heterocycles. The normalized spacial score (nSPS) is 26.0. The van der Waals surface area contributed by atoms with Gasteiger partial charge in [-0.05, 0) is 30.9 Å². The number of carbonyl (C=O) groups excluding carboxylic acids is 1. The second-order valence-electron chi connectivity index (χ2n) is 6.51. The standard InChI is InChI=1S/C16H24ClN3O3/c1-11-9-20(10-14(11)19-5-7-22-8-6-19)15(21)4-3-13-12(2)18-23-16(13)17/h11,14H,3-10H2,1-2H3. The fourth-order valence-corrected chi connectivity index (χ4v) is 3.83. The Morgan fingerprint density at radius 1 is 1.35 bits per heavy atom. The largest absolute Gasteiger partial charge is 0.379 e. The Kier molecular flexibility index (Phi) is 5.24. The van der Waals surface area contributed by atoms with Gasteiger partial charge >= 0.3 is 0 Å². The highest BCUT2D eigenvalue weighted by Gasteiger charge is 2.36. The van der Waals surface area contributed by atoms with Crippen LogP contribution in [0.5, 0.6) is 0 Å². The molecule has 7 heteroatoms. The van der Waals surface area contributed by atoms with Gasteiger partial charge < -0.3 is 14.2 Å². The van der Waals surface area contributed by atoms with Gasteiger partial charge in [0.25, 0.3) is 0 Å². The van der Waals surface area contributed by atoms with E-state index >= 15 is 0 Å². The Hall–Kier alpha value is -1.11. The molecule has 2 aliphatic heterocycles. The molecule has 3 rings (SSSR count). The maximum absolute atomic E-state index is 12.5. The third-order valence-corrected chi connectivity index (χ3v) is 5.26. The third-order valence-electron chi connectivity index (χ3n) is 4.97. The summed E-state index contributed by atoms with van der Waals surface area (Å²) >= 11 is 5.96. The van der Waals surface area contributed by atoms with Crippen molar-refractivity contribution < 1.29 is 14.1 Å².